The van der Waals surface area contributed by atoms with Crippen molar-refractivity contribution in [2.24, 2.45) is 0 Å². The summed E-state index contributed by atoms with van der Waals surface area (Å²) >= 11 is 0. The summed E-state index contributed by atoms with van der Waals surface area (Å²) in [7, 11) is 3.25. The topological polar surface area (TPSA) is 90.2 Å². The number of benzene rings is 1. The fourth-order valence-corrected chi connectivity index (χ4v) is 4.91. The molecule has 1 aromatic carbocycles. The van der Waals surface area contributed by atoms with Crippen LogP contribution in [-0.4, -0.2) is 48.7 Å². The Bertz CT molecular complexity index is 1090. The first-order valence-corrected chi connectivity index (χ1v) is 10.9. The number of rotatable bonds is 7. The second-order valence-corrected chi connectivity index (χ2v) is 8.94. The Morgan fingerprint density at radius 2 is 1.97 bits per heavy atom. The fourth-order valence-electron chi connectivity index (χ4n) is 4.91. The number of piperidine rings is 1. The smallest absolute Gasteiger partial charge is 0.341 e. The molecule has 8 nitrogen and oxygen atoms in total. The van der Waals surface area contributed by atoms with Gasteiger partial charge in [0.05, 0.1) is 31.0 Å². The Balaban J connectivity index is 1.90. The molecular weight excluding hydrogens is 412 g/mol. The van der Waals surface area contributed by atoms with E-state index >= 15 is 0 Å². The summed E-state index contributed by atoms with van der Waals surface area (Å²) in [4.78, 5) is 24.3. The van der Waals surface area contributed by atoms with E-state index in [2.05, 4.69) is 18.9 Å². The van der Waals surface area contributed by atoms with Gasteiger partial charge >= 0.3 is 5.97 Å². The molecule has 1 fully saturated rings. The third-order valence-electron chi connectivity index (χ3n) is 6.40. The van der Waals surface area contributed by atoms with Crippen molar-refractivity contribution in [3.8, 4) is 22.8 Å². The van der Waals surface area contributed by atoms with E-state index in [0.29, 0.717) is 30.4 Å². The zero-order valence-electron chi connectivity index (χ0n) is 19.0. The van der Waals surface area contributed by atoms with Crippen LogP contribution < -0.4 is 19.9 Å². The number of nitrogens with zero attached hydrogens (tertiary/aromatic N) is 2. The van der Waals surface area contributed by atoms with Gasteiger partial charge in [-0.1, -0.05) is 0 Å². The highest BCUT2D eigenvalue weighted by Gasteiger charge is 2.42. The largest absolute Gasteiger partial charge is 0.493 e. The highest BCUT2D eigenvalue weighted by atomic mass is 16.5. The summed E-state index contributed by atoms with van der Waals surface area (Å²) in [6, 6.07) is 5.35. The highest BCUT2D eigenvalue weighted by molar-refractivity contribution is 5.88. The first-order chi connectivity index (χ1) is 15.3. The zero-order chi connectivity index (χ0) is 23.0. The minimum atomic E-state index is -1.22. The molecule has 0 spiro atoms. The van der Waals surface area contributed by atoms with Crippen LogP contribution in [0, 0.1) is 0 Å². The first-order valence-electron chi connectivity index (χ1n) is 10.9. The molecule has 8 heteroatoms. The van der Waals surface area contributed by atoms with Crippen LogP contribution in [0.5, 0.6) is 11.5 Å². The predicted octanol–water partition coefficient (Wildman–Crippen LogP) is 3.59. The van der Waals surface area contributed by atoms with Crippen LogP contribution in [-0.2, 0) is 4.74 Å². The van der Waals surface area contributed by atoms with E-state index in [9.17, 15) is 14.7 Å². The number of methoxy groups -OCH3 is 2. The number of fused-ring (bicyclic) bond motifs is 6. The predicted molar refractivity (Wildman–Crippen MR) is 121 cm³/mol. The molecule has 0 amide bonds. The number of carbonyl (C=O) groups is 1. The lowest BCUT2D eigenvalue weighted by Crippen LogP contribution is -2.57. The molecule has 0 saturated carbocycles. The van der Waals surface area contributed by atoms with E-state index in [4.69, 9.17) is 14.2 Å². The summed E-state index contributed by atoms with van der Waals surface area (Å²) in [5.41, 5.74) is 1.61. The molecule has 2 aliphatic rings. The van der Waals surface area contributed by atoms with Gasteiger partial charge in [-0.2, -0.15) is 0 Å². The average Bonchev–Trinajstić information content (AvgIpc) is 2.75. The summed E-state index contributed by atoms with van der Waals surface area (Å²) in [5.74, 6) is 0.00878. The van der Waals surface area contributed by atoms with Crippen LogP contribution in [0.4, 0.5) is 0 Å². The molecule has 0 aliphatic carbocycles. The molecular formula is C24H30N2O6. The van der Waals surface area contributed by atoms with Crippen molar-refractivity contribution in [1.82, 2.24) is 4.68 Å². The van der Waals surface area contributed by atoms with E-state index in [0.717, 1.165) is 36.8 Å². The second-order valence-electron chi connectivity index (χ2n) is 8.94. The first kappa shape index (κ1) is 22.2. The van der Waals surface area contributed by atoms with Crippen molar-refractivity contribution in [3.05, 3.63) is 45.7 Å². The van der Waals surface area contributed by atoms with E-state index in [-0.39, 0.29) is 17.1 Å². The van der Waals surface area contributed by atoms with Crippen LogP contribution in [0.3, 0.4) is 0 Å². The summed E-state index contributed by atoms with van der Waals surface area (Å²) in [6.45, 7) is 5.41. The monoisotopic (exact) mass is 442 g/mol. The standard InChI is InChI=1S/C24H30N2O6/c1-24(2)8-5-7-18-15-12-22(32-10-6-9-30-3)21(31-4)11-16(15)19-13-20(27)17(23(28)29)14-25(19)26(18)24/h11-14,18H,5-10H2,1-4H3,(H,28,29)/t18-/m1/s1. The van der Waals surface area contributed by atoms with Crippen molar-refractivity contribution in [1.29, 1.82) is 0 Å². The van der Waals surface area contributed by atoms with E-state index in [1.807, 2.05) is 16.8 Å². The minimum absolute atomic E-state index is 0.0256. The molecule has 172 valence electrons. The van der Waals surface area contributed by atoms with Crippen LogP contribution in [0.25, 0.3) is 11.3 Å². The van der Waals surface area contributed by atoms with Gasteiger partial charge in [-0.3, -0.25) is 14.5 Å². The SMILES string of the molecule is COCCCOc1cc2c(cc1OC)-c1cc(=O)c(C(=O)O)cn1N1[C@@H]2CCCC1(C)C. The Kier molecular flexibility index (Phi) is 5.90. The third-order valence-corrected chi connectivity index (χ3v) is 6.40. The Morgan fingerprint density at radius 1 is 1.19 bits per heavy atom. The van der Waals surface area contributed by atoms with Gasteiger partial charge in [0.2, 0.25) is 0 Å². The van der Waals surface area contributed by atoms with E-state index in [1.54, 1.807) is 14.2 Å². The van der Waals surface area contributed by atoms with Crippen molar-refractivity contribution < 1.29 is 24.1 Å². The second kappa shape index (κ2) is 8.50. The van der Waals surface area contributed by atoms with Gasteiger partial charge in [-0.25, -0.2) is 4.79 Å². The number of hydrogen-bond acceptors (Lipinski definition) is 6. The number of carboxylic acid groups (broad SMARTS) is 1. The molecule has 1 atom stereocenters. The number of ether oxygens (including phenoxy) is 3. The van der Waals surface area contributed by atoms with E-state index < -0.39 is 11.4 Å². The molecule has 4 rings (SSSR count). The zero-order valence-corrected chi connectivity index (χ0v) is 19.0. The average molecular weight is 443 g/mol. The molecule has 32 heavy (non-hydrogen) atoms. The summed E-state index contributed by atoms with van der Waals surface area (Å²) in [6.07, 6.45) is 5.15. The van der Waals surface area contributed by atoms with Crippen LogP contribution in [0.1, 0.15) is 61.5 Å². The lowest BCUT2D eigenvalue weighted by molar-refractivity contribution is 0.0694. The molecule has 1 aromatic heterocycles. The summed E-state index contributed by atoms with van der Waals surface area (Å²) in [5, 5.41) is 11.8. The van der Waals surface area contributed by atoms with Crippen molar-refractivity contribution >= 4 is 5.97 Å². The highest BCUT2D eigenvalue weighted by Crippen LogP contribution is 2.49. The third kappa shape index (κ3) is 3.72. The van der Waals surface area contributed by atoms with Crippen LogP contribution in [0.2, 0.25) is 0 Å². The fraction of sp³-hybridized carbons (Fsp3) is 0.500. The van der Waals surface area contributed by atoms with Gasteiger partial charge in [0.15, 0.2) is 16.9 Å². The molecule has 1 N–H and O–H groups in total. The maximum Gasteiger partial charge on any atom is 0.341 e. The van der Waals surface area contributed by atoms with Gasteiger partial charge in [-0.15, -0.1) is 0 Å². The van der Waals surface area contributed by atoms with Crippen molar-refractivity contribution in [3.63, 3.8) is 0 Å². The number of carboxylic acids is 1. The van der Waals surface area contributed by atoms with Gasteiger partial charge in [-0.05, 0) is 50.8 Å². The van der Waals surface area contributed by atoms with Crippen molar-refractivity contribution in [2.75, 3.05) is 32.4 Å². The number of pyridine rings is 1. The van der Waals surface area contributed by atoms with E-state index in [1.165, 1.54) is 12.3 Å². The normalized spacial score (nSPS) is 18.4. The van der Waals surface area contributed by atoms with Gasteiger partial charge in [0.25, 0.3) is 0 Å². The quantitative estimate of drug-likeness (QED) is 0.656. The van der Waals surface area contributed by atoms with Gasteiger partial charge < -0.3 is 19.3 Å². The molecule has 0 unspecified atom stereocenters. The molecule has 0 bridgehead atoms. The minimum Gasteiger partial charge on any atom is -0.493 e. The molecule has 2 aromatic rings. The van der Waals surface area contributed by atoms with Gasteiger partial charge in [0.1, 0.15) is 5.56 Å². The lowest BCUT2D eigenvalue weighted by Gasteiger charge is -2.53. The Hall–Kier alpha value is -3.00. The maximum atomic E-state index is 12.6. The molecule has 1 saturated heterocycles. The Labute approximate surface area is 187 Å². The number of aromatic carboxylic acids is 1. The van der Waals surface area contributed by atoms with Crippen molar-refractivity contribution in [2.45, 2.75) is 51.1 Å². The molecule has 0 radical (unpaired) electrons. The lowest BCUT2D eigenvalue weighted by atomic mass is 9.82. The van der Waals surface area contributed by atoms with Crippen LogP contribution >= 0.6 is 0 Å². The maximum absolute atomic E-state index is 12.6. The summed E-state index contributed by atoms with van der Waals surface area (Å²) < 4.78 is 18.6. The number of aromatic nitrogens is 1. The van der Waals surface area contributed by atoms with Crippen LogP contribution in [0.15, 0.2) is 29.2 Å². The molecule has 3 heterocycles. The molecule has 2 aliphatic heterocycles. The Morgan fingerprint density at radius 3 is 2.66 bits per heavy atom. The van der Waals surface area contributed by atoms with Gasteiger partial charge in [0, 0.05) is 38.0 Å². The number of hydrogen-bond donors (Lipinski definition) is 1.